The lowest BCUT2D eigenvalue weighted by atomic mass is 10.2. The number of thiophene rings is 1. The molecule has 0 spiro atoms. The van der Waals surface area contributed by atoms with Gasteiger partial charge in [-0.15, -0.1) is 11.3 Å². The van der Waals surface area contributed by atoms with Gasteiger partial charge in [-0.2, -0.15) is 4.31 Å². The average Bonchev–Trinajstić information content (AvgIpc) is 3.06. The third-order valence-corrected chi connectivity index (χ3v) is 8.03. The summed E-state index contributed by atoms with van der Waals surface area (Å²) in [7, 11) is -3.63. The maximum Gasteiger partial charge on any atom is 0.341 e. The average molecular weight is 491 g/mol. The number of carbonyl (C=O) groups excluding carboxylic acids is 2. The van der Waals surface area contributed by atoms with Crippen LogP contribution in [0.1, 0.15) is 35.2 Å². The SMILES string of the molecule is Cc1ccc(S(=O)(=O)N2CCCCC2)cc1NC(=O)COC(=O)c1cc(Cl)sc1Cl. The number of esters is 1. The number of piperidine rings is 1. The minimum Gasteiger partial charge on any atom is -0.452 e. The van der Waals surface area contributed by atoms with Crippen LogP contribution in [0, 0.1) is 6.92 Å². The van der Waals surface area contributed by atoms with Crippen LogP contribution in [0.15, 0.2) is 29.2 Å². The van der Waals surface area contributed by atoms with Crippen molar-refractivity contribution < 1.29 is 22.7 Å². The third kappa shape index (κ3) is 5.33. The summed E-state index contributed by atoms with van der Waals surface area (Å²) < 4.78 is 32.7. The number of sulfonamides is 1. The molecule has 1 aliphatic rings. The number of ether oxygens (including phenoxy) is 1. The second-order valence-electron chi connectivity index (χ2n) is 6.80. The molecule has 1 aromatic heterocycles. The Morgan fingerprint density at radius 2 is 1.87 bits per heavy atom. The number of nitrogens with one attached hydrogen (secondary N) is 1. The van der Waals surface area contributed by atoms with Gasteiger partial charge in [-0.25, -0.2) is 13.2 Å². The number of anilines is 1. The zero-order chi connectivity index (χ0) is 21.9. The van der Waals surface area contributed by atoms with Crippen molar-refractivity contribution in [2.45, 2.75) is 31.1 Å². The van der Waals surface area contributed by atoms with Gasteiger partial charge in [0.1, 0.15) is 4.34 Å². The highest BCUT2D eigenvalue weighted by Gasteiger charge is 2.26. The minimum absolute atomic E-state index is 0.0882. The van der Waals surface area contributed by atoms with Crippen molar-refractivity contribution in [2.24, 2.45) is 0 Å². The van der Waals surface area contributed by atoms with Gasteiger partial charge in [-0.05, 0) is 43.5 Å². The number of amides is 1. The molecule has 0 aliphatic carbocycles. The van der Waals surface area contributed by atoms with Crippen LogP contribution in [0.3, 0.4) is 0 Å². The van der Waals surface area contributed by atoms with Gasteiger partial charge in [0, 0.05) is 18.8 Å². The van der Waals surface area contributed by atoms with Gasteiger partial charge in [-0.1, -0.05) is 35.7 Å². The molecular formula is C19H20Cl2N2O5S2. The van der Waals surface area contributed by atoms with Crippen LogP contribution in [-0.2, 0) is 19.6 Å². The van der Waals surface area contributed by atoms with Gasteiger partial charge in [0.25, 0.3) is 5.91 Å². The van der Waals surface area contributed by atoms with Crippen LogP contribution < -0.4 is 5.32 Å². The van der Waals surface area contributed by atoms with Crippen LogP contribution in [0.25, 0.3) is 0 Å². The van der Waals surface area contributed by atoms with E-state index in [1.54, 1.807) is 13.0 Å². The molecule has 30 heavy (non-hydrogen) atoms. The number of carbonyl (C=O) groups is 2. The van der Waals surface area contributed by atoms with E-state index >= 15 is 0 Å². The molecule has 162 valence electrons. The summed E-state index contributed by atoms with van der Waals surface area (Å²) in [6.07, 6.45) is 2.68. The van der Waals surface area contributed by atoms with E-state index in [4.69, 9.17) is 27.9 Å². The van der Waals surface area contributed by atoms with Crippen LogP contribution in [0.2, 0.25) is 8.67 Å². The van der Waals surface area contributed by atoms with E-state index in [0.717, 1.165) is 30.6 Å². The van der Waals surface area contributed by atoms with Crippen LogP contribution in [0.4, 0.5) is 5.69 Å². The number of hydrogen-bond donors (Lipinski definition) is 1. The van der Waals surface area contributed by atoms with E-state index in [-0.39, 0.29) is 14.8 Å². The standard InChI is InChI=1S/C19H20Cl2N2O5S2/c1-12-5-6-13(30(26,27)23-7-3-2-4-8-23)9-15(12)22-17(24)11-28-19(25)14-10-16(20)29-18(14)21/h5-6,9-10H,2-4,7-8,11H2,1H3,(H,22,24). The molecule has 0 unspecified atom stereocenters. The Hall–Kier alpha value is -1.65. The molecule has 7 nitrogen and oxygen atoms in total. The number of hydrogen-bond acceptors (Lipinski definition) is 6. The van der Waals surface area contributed by atoms with E-state index in [2.05, 4.69) is 5.32 Å². The summed E-state index contributed by atoms with van der Waals surface area (Å²) in [6.45, 7) is 2.17. The molecule has 0 saturated carbocycles. The van der Waals surface area contributed by atoms with Crippen molar-refractivity contribution in [1.29, 1.82) is 0 Å². The fraction of sp³-hybridized carbons (Fsp3) is 0.368. The molecule has 0 radical (unpaired) electrons. The molecule has 1 aliphatic heterocycles. The Balaban J connectivity index is 1.67. The van der Waals surface area contributed by atoms with Crippen LogP contribution in [-0.4, -0.2) is 44.3 Å². The monoisotopic (exact) mass is 490 g/mol. The third-order valence-electron chi connectivity index (χ3n) is 4.65. The molecule has 0 atom stereocenters. The lowest BCUT2D eigenvalue weighted by Gasteiger charge is -2.26. The van der Waals surface area contributed by atoms with Gasteiger partial charge in [0.2, 0.25) is 10.0 Å². The lowest BCUT2D eigenvalue weighted by Crippen LogP contribution is -2.35. The molecule has 1 fully saturated rings. The smallest absolute Gasteiger partial charge is 0.341 e. The molecule has 2 heterocycles. The second-order valence-corrected chi connectivity index (χ2v) is 11.0. The van der Waals surface area contributed by atoms with Gasteiger partial charge in [0.05, 0.1) is 14.8 Å². The maximum atomic E-state index is 12.9. The van der Waals surface area contributed by atoms with Crippen LogP contribution >= 0.6 is 34.5 Å². The van der Waals surface area contributed by atoms with Gasteiger partial charge >= 0.3 is 5.97 Å². The van der Waals surface area contributed by atoms with E-state index in [0.29, 0.717) is 28.7 Å². The highest BCUT2D eigenvalue weighted by molar-refractivity contribution is 7.89. The molecular weight excluding hydrogens is 471 g/mol. The first-order chi connectivity index (χ1) is 14.2. The largest absolute Gasteiger partial charge is 0.452 e. The van der Waals surface area contributed by atoms with Crippen molar-refractivity contribution in [3.05, 3.63) is 44.1 Å². The fourth-order valence-electron chi connectivity index (χ4n) is 3.03. The summed E-state index contributed by atoms with van der Waals surface area (Å²) in [4.78, 5) is 24.4. The number of halogens is 2. The zero-order valence-electron chi connectivity index (χ0n) is 16.1. The van der Waals surface area contributed by atoms with E-state index in [1.165, 1.54) is 22.5 Å². The Morgan fingerprint density at radius 3 is 2.50 bits per heavy atom. The van der Waals surface area contributed by atoms with E-state index in [1.807, 2.05) is 0 Å². The Labute approximate surface area is 189 Å². The van der Waals surface area contributed by atoms with Crippen molar-refractivity contribution in [3.63, 3.8) is 0 Å². The second kappa shape index (κ2) is 9.65. The Kier molecular flexibility index (Phi) is 7.41. The first-order valence-electron chi connectivity index (χ1n) is 9.21. The Bertz CT molecular complexity index is 1060. The first kappa shape index (κ1) is 23.0. The predicted octanol–water partition coefficient (Wildman–Crippen LogP) is 4.33. The van der Waals surface area contributed by atoms with Crippen LogP contribution in [0.5, 0.6) is 0 Å². The van der Waals surface area contributed by atoms with Gasteiger partial charge < -0.3 is 10.1 Å². The van der Waals surface area contributed by atoms with E-state index in [9.17, 15) is 18.0 Å². The summed E-state index contributed by atoms with van der Waals surface area (Å²) in [5.74, 6) is -1.37. The molecule has 1 N–H and O–H groups in total. The molecule has 0 bridgehead atoms. The summed E-state index contributed by atoms with van der Waals surface area (Å²) in [5, 5.41) is 2.60. The summed E-state index contributed by atoms with van der Waals surface area (Å²) in [6, 6.07) is 5.95. The Morgan fingerprint density at radius 1 is 1.17 bits per heavy atom. The van der Waals surface area contributed by atoms with Gasteiger partial charge in [-0.3, -0.25) is 4.79 Å². The van der Waals surface area contributed by atoms with E-state index < -0.39 is 28.5 Å². The number of rotatable bonds is 6. The molecule has 11 heteroatoms. The normalized spacial score (nSPS) is 15.0. The molecule has 3 rings (SSSR count). The summed E-state index contributed by atoms with van der Waals surface area (Å²) >= 11 is 12.7. The summed E-state index contributed by atoms with van der Waals surface area (Å²) in [5.41, 5.74) is 1.11. The topological polar surface area (TPSA) is 92.8 Å². The molecule has 1 amide bonds. The number of aryl methyl sites for hydroxylation is 1. The highest BCUT2D eigenvalue weighted by atomic mass is 35.5. The first-order valence-corrected chi connectivity index (χ1v) is 12.2. The molecule has 2 aromatic rings. The van der Waals surface area contributed by atoms with Crippen molar-refractivity contribution in [3.8, 4) is 0 Å². The number of benzene rings is 1. The zero-order valence-corrected chi connectivity index (χ0v) is 19.3. The fourth-order valence-corrected chi connectivity index (χ4v) is 6.01. The maximum absolute atomic E-state index is 12.9. The lowest BCUT2D eigenvalue weighted by molar-refractivity contribution is -0.119. The minimum atomic E-state index is -3.63. The quantitative estimate of drug-likeness (QED) is 0.608. The highest BCUT2D eigenvalue weighted by Crippen LogP contribution is 2.31. The van der Waals surface area contributed by atoms with Crippen molar-refractivity contribution >= 4 is 62.1 Å². The predicted molar refractivity (Wildman–Crippen MR) is 117 cm³/mol. The molecule has 1 saturated heterocycles. The van der Waals surface area contributed by atoms with Gasteiger partial charge in [0.15, 0.2) is 6.61 Å². The van der Waals surface area contributed by atoms with Crippen molar-refractivity contribution in [2.75, 3.05) is 25.0 Å². The number of nitrogens with zero attached hydrogens (tertiary/aromatic N) is 1. The molecule has 1 aromatic carbocycles. The van der Waals surface area contributed by atoms with Crippen molar-refractivity contribution in [1.82, 2.24) is 4.31 Å².